The van der Waals surface area contributed by atoms with Crippen LogP contribution in [0.15, 0.2) is 36.4 Å². The number of carbonyl (C=O) groups excluding carboxylic acids is 2. The van der Waals surface area contributed by atoms with E-state index in [0.717, 1.165) is 28.0 Å². The van der Waals surface area contributed by atoms with Crippen LogP contribution in [0.5, 0.6) is 5.75 Å². The first-order chi connectivity index (χ1) is 14.8. The fourth-order valence-corrected chi connectivity index (χ4v) is 4.16. The zero-order chi connectivity index (χ0) is 22.1. The first kappa shape index (κ1) is 21.0. The first-order valence-corrected chi connectivity index (χ1v) is 10.7. The molecule has 2 heterocycles. The fourth-order valence-electron chi connectivity index (χ4n) is 3.64. The van der Waals surface area contributed by atoms with Crippen molar-refractivity contribution in [2.75, 3.05) is 39.7 Å². The number of hydrogen-bond acceptors (Lipinski definition) is 7. The average Bonchev–Trinajstić information content (AvgIpc) is 3.22. The molecule has 2 amide bonds. The minimum absolute atomic E-state index is 0.0286. The molecule has 0 radical (unpaired) electrons. The molecule has 0 fully saturated rings. The Morgan fingerprint density at radius 3 is 2.68 bits per heavy atom. The number of carbonyl (C=O) groups is 2. The Kier molecular flexibility index (Phi) is 5.77. The molecule has 1 aliphatic heterocycles. The Morgan fingerprint density at radius 1 is 1.13 bits per heavy atom. The van der Waals surface area contributed by atoms with E-state index in [1.165, 1.54) is 11.7 Å². The van der Waals surface area contributed by atoms with Gasteiger partial charge in [-0.1, -0.05) is 6.07 Å². The lowest BCUT2D eigenvalue weighted by Crippen LogP contribution is -2.44. The van der Waals surface area contributed by atoms with Crippen LogP contribution in [0.3, 0.4) is 0 Å². The maximum absolute atomic E-state index is 12.9. The molecular weight excluding hydrogens is 414 g/mol. The Morgan fingerprint density at radius 2 is 1.90 bits per heavy atom. The molecule has 3 aromatic rings. The second-order valence-corrected chi connectivity index (χ2v) is 8.53. The minimum Gasteiger partial charge on any atom is -0.489 e. The third-order valence-electron chi connectivity index (χ3n) is 5.54. The van der Waals surface area contributed by atoms with Crippen LogP contribution in [0.25, 0.3) is 11.0 Å². The molecule has 0 aliphatic carbocycles. The van der Waals surface area contributed by atoms with Gasteiger partial charge in [-0.15, -0.1) is 0 Å². The standard InChI is InChI=1S/C22H25N5O3S/c1-25(2)22(29)15-6-8-20-19(10-15)27(4)16(13-30-20)11-21(28)26(3)12-14-5-7-17-18(9-14)24-31-23-17/h5-10,16H,11-13H2,1-4H3. The molecular formula is C22H25N5O3S. The molecule has 0 bridgehead atoms. The van der Waals surface area contributed by atoms with Crippen LogP contribution in [-0.2, 0) is 11.3 Å². The third kappa shape index (κ3) is 4.32. The second-order valence-electron chi connectivity index (χ2n) is 8.00. The highest BCUT2D eigenvalue weighted by molar-refractivity contribution is 7.00. The zero-order valence-electron chi connectivity index (χ0n) is 18.0. The summed E-state index contributed by atoms with van der Waals surface area (Å²) < 4.78 is 14.4. The molecule has 2 aromatic carbocycles. The molecule has 1 atom stereocenters. The molecule has 1 aliphatic rings. The quantitative estimate of drug-likeness (QED) is 0.608. The zero-order valence-corrected chi connectivity index (χ0v) is 18.8. The van der Waals surface area contributed by atoms with Gasteiger partial charge in [0.15, 0.2) is 0 Å². The van der Waals surface area contributed by atoms with E-state index in [9.17, 15) is 9.59 Å². The number of aromatic nitrogens is 2. The van der Waals surface area contributed by atoms with Crippen molar-refractivity contribution in [2.45, 2.75) is 19.0 Å². The van der Waals surface area contributed by atoms with E-state index in [4.69, 9.17) is 4.74 Å². The lowest BCUT2D eigenvalue weighted by molar-refractivity contribution is -0.131. The van der Waals surface area contributed by atoms with Crippen LogP contribution in [0, 0.1) is 0 Å². The van der Waals surface area contributed by atoms with Gasteiger partial charge < -0.3 is 19.4 Å². The van der Waals surface area contributed by atoms with Crippen molar-refractivity contribution in [3.8, 4) is 5.75 Å². The second kappa shape index (κ2) is 8.50. The molecule has 8 nitrogen and oxygen atoms in total. The average molecular weight is 440 g/mol. The summed E-state index contributed by atoms with van der Waals surface area (Å²) in [5.74, 6) is 0.683. The van der Waals surface area contributed by atoms with Gasteiger partial charge in [0.1, 0.15) is 23.4 Å². The summed E-state index contributed by atoms with van der Waals surface area (Å²) in [4.78, 5) is 30.5. The Hall–Kier alpha value is -3.20. The molecule has 0 saturated heterocycles. The lowest BCUT2D eigenvalue weighted by Gasteiger charge is -2.36. The van der Waals surface area contributed by atoms with Crippen molar-refractivity contribution >= 4 is 40.3 Å². The van der Waals surface area contributed by atoms with E-state index >= 15 is 0 Å². The van der Waals surface area contributed by atoms with E-state index in [-0.39, 0.29) is 17.9 Å². The number of anilines is 1. The van der Waals surface area contributed by atoms with Crippen molar-refractivity contribution in [2.24, 2.45) is 0 Å². The first-order valence-electron chi connectivity index (χ1n) is 10.00. The summed E-state index contributed by atoms with van der Waals surface area (Å²) >= 11 is 1.19. The summed E-state index contributed by atoms with van der Waals surface area (Å²) in [6, 6.07) is 11.2. The van der Waals surface area contributed by atoms with Crippen LogP contribution >= 0.6 is 11.7 Å². The predicted octanol–water partition coefficient (Wildman–Crippen LogP) is 2.64. The SMILES string of the molecule is CN(C)C(=O)c1ccc2c(c1)N(C)C(CC(=O)N(C)Cc1ccc3nsnc3c1)CO2. The van der Waals surface area contributed by atoms with Crippen LogP contribution < -0.4 is 9.64 Å². The molecule has 162 valence electrons. The van der Waals surface area contributed by atoms with Crippen LogP contribution in [0.2, 0.25) is 0 Å². The molecule has 1 aromatic heterocycles. The Bertz CT molecular complexity index is 1130. The number of ether oxygens (including phenoxy) is 1. The van der Waals surface area contributed by atoms with E-state index in [1.54, 1.807) is 37.0 Å². The third-order valence-corrected chi connectivity index (χ3v) is 6.10. The van der Waals surface area contributed by atoms with Gasteiger partial charge >= 0.3 is 0 Å². The fraction of sp³-hybridized carbons (Fsp3) is 0.364. The van der Waals surface area contributed by atoms with Gasteiger partial charge in [-0.3, -0.25) is 9.59 Å². The van der Waals surface area contributed by atoms with Crippen molar-refractivity contribution < 1.29 is 14.3 Å². The summed E-state index contributed by atoms with van der Waals surface area (Å²) in [5.41, 5.74) is 4.15. The highest BCUT2D eigenvalue weighted by atomic mass is 32.1. The van der Waals surface area contributed by atoms with E-state index in [2.05, 4.69) is 8.75 Å². The molecule has 31 heavy (non-hydrogen) atoms. The molecule has 1 unspecified atom stereocenters. The normalized spacial score (nSPS) is 15.4. The predicted molar refractivity (Wildman–Crippen MR) is 121 cm³/mol. The van der Waals surface area contributed by atoms with Gasteiger partial charge in [-0.2, -0.15) is 8.75 Å². The molecule has 9 heteroatoms. The number of hydrogen-bond donors (Lipinski definition) is 0. The largest absolute Gasteiger partial charge is 0.489 e. The van der Waals surface area contributed by atoms with Crippen molar-refractivity contribution in [3.63, 3.8) is 0 Å². The van der Waals surface area contributed by atoms with Gasteiger partial charge in [0.2, 0.25) is 5.91 Å². The minimum atomic E-state index is -0.114. The summed E-state index contributed by atoms with van der Waals surface area (Å²) in [5, 5.41) is 0. The summed E-state index contributed by atoms with van der Waals surface area (Å²) in [6.45, 7) is 0.919. The number of nitrogens with zero attached hydrogens (tertiary/aromatic N) is 5. The van der Waals surface area contributed by atoms with Gasteiger partial charge in [0.25, 0.3) is 5.91 Å². The van der Waals surface area contributed by atoms with E-state index < -0.39 is 0 Å². The van der Waals surface area contributed by atoms with Crippen LogP contribution in [0.1, 0.15) is 22.3 Å². The number of benzene rings is 2. The number of rotatable bonds is 5. The highest BCUT2D eigenvalue weighted by Gasteiger charge is 2.28. The molecule has 0 spiro atoms. The maximum Gasteiger partial charge on any atom is 0.253 e. The molecule has 4 rings (SSSR count). The lowest BCUT2D eigenvalue weighted by atomic mass is 10.1. The van der Waals surface area contributed by atoms with E-state index in [0.29, 0.717) is 25.1 Å². The van der Waals surface area contributed by atoms with Gasteiger partial charge in [-0.25, -0.2) is 0 Å². The van der Waals surface area contributed by atoms with Crippen LogP contribution in [-0.4, -0.2) is 71.2 Å². The highest BCUT2D eigenvalue weighted by Crippen LogP contribution is 2.35. The summed E-state index contributed by atoms with van der Waals surface area (Å²) in [6.07, 6.45) is 0.318. The Balaban J connectivity index is 1.43. The maximum atomic E-state index is 12.9. The summed E-state index contributed by atoms with van der Waals surface area (Å²) in [7, 11) is 7.19. The van der Waals surface area contributed by atoms with Crippen molar-refractivity contribution in [1.82, 2.24) is 18.5 Å². The topological polar surface area (TPSA) is 78.9 Å². The van der Waals surface area contributed by atoms with Crippen molar-refractivity contribution in [1.29, 1.82) is 0 Å². The van der Waals surface area contributed by atoms with E-state index in [1.807, 2.05) is 42.3 Å². The number of likely N-dealkylation sites (N-methyl/N-ethyl adjacent to an activating group) is 1. The molecule has 0 saturated carbocycles. The van der Waals surface area contributed by atoms with Gasteiger partial charge in [0.05, 0.1) is 29.9 Å². The van der Waals surface area contributed by atoms with Crippen LogP contribution in [0.4, 0.5) is 5.69 Å². The monoisotopic (exact) mass is 439 g/mol. The Labute approximate surface area is 185 Å². The smallest absolute Gasteiger partial charge is 0.253 e. The number of amides is 2. The van der Waals surface area contributed by atoms with Gasteiger partial charge in [0, 0.05) is 40.3 Å². The van der Waals surface area contributed by atoms with Gasteiger partial charge in [-0.05, 0) is 35.9 Å². The van der Waals surface area contributed by atoms with Crippen molar-refractivity contribution in [3.05, 3.63) is 47.5 Å². The number of fused-ring (bicyclic) bond motifs is 2. The molecule has 0 N–H and O–H groups in total.